The molecule has 0 amide bonds. The van der Waals surface area contributed by atoms with Crippen molar-refractivity contribution in [2.75, 3.05) is 13.2 Å². The largest absolute Gasteiger partial charge is 0.381 e. The zero-order valence-corrected chi connectivity index (χ0v) is 8.80. The summed E-state index contributed by atoms with van der Waals surface area (Å²) in [6.45, 7) is 4.48. The second-order valence-electron chi connectivity index (χ2n) is 5.01. The monoisotopic (exact) mass is 182 g/mol. The fourth-order valence-corrected chi connectivity index (χ4v) is 3.05. The molecule has 1 aliphatic heterocycles. The van der Waals surface area contributed by atoms with Gasteiger partial charge in [0.05, 0.1) is 0 Å². The van der Waals surface area contributed by atoms with Crippen LogP contribution in [-0.4, -0.2) is 13.2 Å². The standard InChI is InChI=1S/C12H22O/c1-10-4-2-5-11(8-10)12-6-3-7-13-9-12/h10-12H,2-9H2,1H3. The summed E-state index contributed by atoms with van der Waals surface area (Å²) in [5, 5.41) is 0. The van der Waals surface area contributed by atoms with Crippen molar-refractivity contribution in [3.63, 3.8) is 0 Å². The van der Waals surface area contributed by atoms with E-state index in [0.29, 0.717) is 0 Å². The minimum atomic E-state index is 0.900. The maximum Gasteiger partial charge on any atom is 0.0496 e. The first-order valence-corrected chi connectivity index (χ1v) is 5.94. The van der Waals surface area contributed by atoms with Gasteiger partial charge in [0.25, 0.3) is 0 Å². The molecule has 2 rings (SSSR count). The van der Waals surface area contributed by atoms with Crippen LogP contribution in [0, 0.1) is 17.8 Å². The molecule has 2 fully saturated rings. The minimum Gasteiger partial charge on any atom is -0.381 e. The predicted molar refractivity (Wildman–Crippen MR) is 54.7 cm³/mol. The Balaban J connectivity index is 1.83. The Hall–Kier alpha value is -0.0400. The van der Waals surface area contributed by atoms with Gasteiger partial charge in [-0.25, -0.2) is 0 Å². The Bertz CT molecular complexity index is 149. The second kappa shape index (κ2) is 4.45. The van der Waals surface area contributed by atoms with Gasteiger partial charge >= 0.3 is 0 Å². The number of hydrogen-bond acceptors (Lipinski definition) is 1. The third kappa shape index (κ3) is 2.46. The molecule has 0 aromatic carbocycles. The molecule has 0 bridgehead atoms. The van der Waals surface area contributed by atoms with Crippen LogP contribution < -0.4 is 0 Å². The zero-order chi connectivity index (χ0) is 9.10. The van der Waals surface area contributed by atoms with Crippen LogP contribution in [0.5, 0.6) is 0 Å². The van der Waals surface area contributed by atoms with Crippen LogP contribution in [0.15, 0.2) is 0 Å². The summed E-state index contributed by atoms with van der Waals surface area (Å²) in [6.07, 6.45) is 8.59. The summed E-state index contributed by atoms with van der Waals surface area (Å²) < 4.78 is 5.57. The number of rotatable bonds is 1. The molecule has 3 atom stereocenters. The lowest BCUT2D eigenvalue weighted by atomic mass is 9.74. The SMILES string of the molecule is CC1CCCC(C2CCCOC2)C1. The highest BCUT2D eigenvalue weighted by Crippen LogP contribution is 2.36. The average Bonchev–Trinajstić information content (AvgIpc) is 2.19. The number of ether oxygens (including phenoxy) is 1. The van der Waals surface area contributed by atoms with E-state index >= 15 is 0 Å². The van der Waals surface area contributed by atoms with Crippen molar-refractivity contribution in [2.45, 2.75) is 45.4 Å². The van der Waals surface area contributed by atoms with Gasteiger partial charge in [-0.2, -0.15) is 0 Å². The van der Waals surface area contributed by atoms with Crippen LogP contribution in [0.2, 0.25) is 0 Å². The van der Waals surface area contributed by atoms with E-state index in [-0.39, 0.29) is 0 Å². The molecule has 1 aliphatic carbocycles. The molecule has 3 unspecified atom stereocenters. The van der Waals surface area contributed by atoms with Crippen LogP contribution in [0.4, 0.5) is 0 Å². The lowest BCUT2D eigenvalue weighted by Gasteiger charge is -2.35. The Morgan fingerprint density at radius 2 is 1.85 bits per heavy atom. The van der Waals surface area contributed by atoms with Crippen molar-refractivity contribution >= 4 is 0 Å². The molecule has 1 heteroatoms. The van der Waals surface area contributed by atoms with Gasteiger partial charge < -0.3 is 4.74 Å². The highest BCUT2D eigenvalue weighted by atomic mass is 16.5. The van der Waals surface area contributed by atoms with Gasteiger partial charge in [-0.05, 0) is 37.0 Å². The molecular weight excluding hydrogens is 160 g/mol. The van der Waals surface area contributed by atoms with Crippen molar-refractivity contribution < 1.29 is 4.74 Å². The minimum absolute atomic E-state index is 0.900. The van der Waals surface area contributed by atoms with E-state index in [1.807, 2.05) is 0 Å². The van der Waals surface area contributed by atoms with Crippen molar-refractivity contribution in [1.82, 2.24) is 0 Å². The van der Waals surface area contributed by atoms with Crippen LogP contribution >= 0.6 is 0 Å². The molecule has 0 aromatic heterocycles. The first-order chi connectivity index (χ1) is 6.36. The maximum absolute atomic E-state index is 5.57. The molecule has 1 saturated heterocycles. The van der Waals surface area contributed by atoms with Crippen LogP contribution in [0.1, 0.15) is 45.4 Å². The quantitative estimate of drug-likeness (QED) is 0.605. The van der Waals surface area contributed by atoms with Crippen molar-refractivity contribution in [2.24, 2.45) is 17.8 Å². The summed E-state index contributed by atoms with van der Waals surface area (Å²) in [4.78, 5) is 0. The summed E-state index contributed by atoms with van der Waals surface area (Å²) in [6, 6.07) is 0. The van der Waals surface area contributed by atoms with Crippen molar-refractivity contribution in [1.29, 1.82) is 0 Å². The fourth-order valence-electron chi connectivity index (χ4n) is 3.05. The topological polar surface area (TPSA) is 9.23 Å². The van der Waals surface area contributed by atoms with E-state index in [0.717, 1.165) is 31.0 Å². The highest BCUT2D eigenvalue weighted by Gasteiger charge is 2.27. The van der Waals surface area contributed by atoms with E-state index < -0.39 is 0 Å². The normalized spacial score (nSPS) is 41.8. The Morgan fingerprint density at radius 3 is 2.54 bits per heavy atom. The summed E-state index contributed by atoms with van der Waals surface area (Å²) in [7, 11) is 0. The fraction of sp³-hybridized carbons (Fsp3) is 1.00. The van der Waals surface area contributed by atoms with Gasteiger partial charge in [-0.15, -0.1) is 0 Å². The van der Waals surface area contributed by atoms with Gasteiger partial charge in [0, 0.05) is 13.2 Å². The first kappa shape index (κ1) is 9.51. The summed E-state index contributed by atoms with van der Waals surface area (Å²) in [5.41, 5.74) is 0. The van der Waals surface area contributed by atoms with Gasteiger partial charge in [0.1, 0.15) is 0 Å². The zero-order valence-electron chi connectivity index (χ0n) is 8.80. The Kier molecular flexibility index (Phi) is 3.26. The van der Waals surface area contributed by atoms with Gasteiger partial charge in [-0.1, -0.05) is 26.2 Å². The highest BCUT2D eigenvalue weighted by molar-refractivity contribution is 4.78. The molecule has 1 saturated carbocycles. The van der Waals surface area contributed by atoms with E-state index in [1.54, 1.807) is 0 Å². The van der Waals surface area contributed by atoms with Crippen molar-refractivity contribution in [3.05, 3.63) is 0 Å². The van der Waals surface area contributed by atoms with Crippen LogP contribution in [0.25, 0.3) is 0 Å². The molecular formula is C12H22O. The molecule has 0 aromatic rings. The maximum atomic E-state index is 5.57. The van der Waals surface area contributed by atoms with Crippen LogP contribution in [-0.2, 0) is 4.74 Å². The average molecular weight is 182 g/mol. The number of hydrogen-bond donors (Lipinski definition) is 0. The predicted octanol–water partition coefficient (Wildman–Crippen LogP) is 3.24. The lowest BCUT2D eigenvalue weighted by molar-refractivity contribution is 0.0174. The Labute approximate surface area is 81.9 Å². The van der Waals surface area contributed by atoms with Gasteiger partial charge in [0.2, 0.25) is 0 Å². The van der Waals surface area contributed by atoms with E-state index in [4.69, 9.17) is 4.74 Å². The molecule has 1 nitrogen and oxygen atoms in total. The molecule has 1 heterocycles. The molecule has 2 aliphatic rings. The second-order valence-corrected chi connectivity index (χ2v) is 5.01. The van der Waals surface area contributed by atoms with E-state index in [9.17, 15) is 0 Å². The first-order valence-electron chi connectivity index (χ1n) is 5.94. The van der Waals surface area contributed by atoms with Gasteiger partial charge in [0.15, 0.2) is 0 Å². The molecule has 0 radical (unpaired) electrons. The third-order valence-corrected chi connectivity index (χ3v) is 3.84. The smallest absolute Gasteiger partial charge is 0.0496 e. The third-order valence-electron chi connectivity index (χ3n) is 3.84. The van der Waals surface area contributed by atoms with E-state index in [2.05, 4.69) is 6.92 Å². The van der Waals surface area contributed by atoms with Gasteiger partial charge in [-0.3, -0.25) is 0 Å². The Morgan fingerprint density at radius 1 is 1.00 bits per heavy atom. The summed E-state index contributed by atoms with van der Waals surface area (Å²) in [5.74, 6) is 2.86. The molecule has 0 spiro atoms. The van der Waals surface area contributed by atoms with E-state index in [1.165, 1.54) is 38.5 Å². The lowest BCUT2D eigenvalue weighted by Crippen LogP contribution is -2.28. The van der Waals surface area contributed by atoms with Crippen molar-refractivity contribution in [3.8, 4) is 0 Å². The summed E-state index contributed by atoms with van der Waals surface area (Å²) >= 11 is 0. The molecule has 0 N–H and O–H groups in total. The molecule has 13 heavy (non-hydrogen) atoms. The van der Waals surface area contributed by atoms with Crippen LogP contribution in [0.3, 0.4) is 0 Å². The molecule has 76 valence electrons.